The van der Waals surface area contributed by atoms with Gasteiger partial charge < -0.3 is 10.6 Å². The number of halogens is 1. The molecule has 2 fully saturated rings. The zero-order chi connectivity index (χ0) is 16.4. The normalized spacial score (nSPS) is 19.3. The molecule has 0 bridgehead atoms. The predicted molar refractivity (Wildman–Crippen MR) is 81.1 cm³/mol. The van der Waals surface area contributed by atoms with Crippen molar-refractivity contribution >= 4 is 23.5 Å². The van der Waals surface area contributed by atoms with E-state index in [0.717, 1.165) is 17.7 Å². The summed E-state index contributed by atoms with van der Waals surface area (Å²) in [5, 5.41) is 5.20. The van der Waals surface area contributed by atoms with E-state index in [9.17, 15) is 18.8 Å². The van der Waals surface area contributed by atoms with Crippen molar-refractivity contribution in [3.8, 4) is 0 Å². The Balaban J connectivity index is 1.58. The minimum Gasteiger partial charge on any atom is -0.324 e. The van der Waals surface area contributed by atoms with Gasteiger partial charge in [-0.1, -0.05) is 25.0 Å². The zero-order valence-electron chi connectivity index (χ0n) is 12.6. The standard InChI is InChI=1S/C16H18FN3O3/c17-11-5-1-2-6-12(11)18-13(21)7-10-20-14(22)16(19-15(20)23)8-3-4-9-16/h1-2,5-6H,3-4,7-10H2,(H,18,21)(H,19,23). The van der Waals surface area contributed by atoms with Crippen LogP contribution >= 0.6 is 0 Å². The Morgan fingerprint density at radius 1 is 1.26 bits per heavy atom. The molecule has 1 spiro atoms. The molecule has 1 aliphatic carbocycles. The monoisotopic (exact) mass is 319 g/mol. The molecule has 2 aliphatic rings. The van der Waals surface area contributed by atoms with Crippen LogP contribution in [0.3, 0.4) is 0 Å². The SMILES string of the molecule is O=C(CCN1C(=O)NC2(CCCC2)C1=O)Nc1ccccc1F. The third-order valence-electron chi connectivity index (χ3n) is 4.41. The van der Waals surface area contributed by atoms with Gasteiger partial charge in [-0.3, -0.25) is 14.5 Å². The van der Waals surface area contributed by atoms with Gasteiger partial charge in [-0.2, -0.15) is 0 Å². The van der Waals surface area contributed by atoms with Gasteiger partial charge in [0.1, 0.15) is 11.4 Å². The summed E-state index contributed by atoms with van der Waals surface area (Å²) >= 11 is 0. The van der Waals surface area contributed by atoms with Gasteiger partial charge in [0.25, 0.3) is 5.91 Å². The molecule has 1 saturated heterocycles. The molecule has 0 aromatic heterocycles. The number of rotatable bonds is 4. The van der Waals surface area contributed by atoms with E-state index >= 15 is 0 Å². The van der Waals surface area contributed by atoms with Crippen LogP contribution in [-0.2, 0) is 9.59 Å². The van der Waals surface area contributed by atoms with E-state index < -0.39 is 23.3 Å². The number of urea groups is 1. The van der Waals surface area contributed by atoms with Gasteiger partial charge in [-0.15, -0.1) is 0 Å². The van der Waals surface area contributed by atoms with Gasteiger partial charge in [0.2, 0.25) is 5.91 Å². The summed E-state index contributed by atoms with van der Waals surface area (Å²) in [4.78, 5) is 37.4. The topological polar surface area (TPSA) is 78.5 Å². The molecule has 2 N–H and O–H groups in total. The van der Waals surface area contributed by atoms with Gasteiger partial charge in [0.15, 0.2) is 0 Å². The number of anilines is 1. The van der Waals surface area contributed by atoms with Gasteiger partial charge in [-0.05, 0) is 25.0 Å². The number of nitrogens with zero attached hydrogens (tertiary/aromatic N) is 1. The molecule has 7 heteroatoms. The lowest BCUT2D eigenvalue weighted by molar-refractivity contribution is -0.131. The van der Waals surface area contributed by atoms with Crippen molar-refractivity contribution in [1.82, 2.24) is 10.2 Å². The molecule has 0 atom stereocenters. The van der Waals surface area contributed by atoms with Crippen molar-refractivity contribution in [1.29, 1.82) is 0 Å². The quantitative estimate of drug-likeness (QED) is 0.833. The van der Waals surface area contributed by atoms with Crippen molar-refractivity contribution in [3.05, 3.63) is 30.1 Å². The molecule has 0 unspecified atom stereocenters. The molecule has 6 nitrogen and oxygen atoms in total. The van der Waals surface area contributed by atoms with Crippen LogP contribution in [0.1, 0.15) is 32.1 Å². The molecule has 4 amide bonds. The molecule has 1 aromatic rings. The number of imide groups is 1. The van der Waals surface area contributed by atoms with E-state index in [0.29, 0.717) is 12.8 Å². The lowest BCUT2D eigenvalue weighted by Crippen LogP contribution is -2.44. The second-order valence-corrected chi connectivity index (χ2v) is 5.95. The smallest absolute Gasteiger partial charge is 0.324 e. The Morgan fingerprint density at radius 2 is 1.96 bits per heavy atom. The van der Waals surface area contributed by atoms with E-state index in [1.165, 1.54) is 18.2 Å². The number of benzene rings is 1. The minimum atomic E-state index is -0.765. The predicted octanol–water partition coefficient (Wildman–Crippen LogP) is 2.02. The van der Waals surface area contributed by atoms with Crippen LogP contribution in [0.15, 0.2) is 24.3 Å². The Hall–Kier alpha value is -2.44. The van der Waals surface area contributed by atoms with Crippen LogP contribution in [0.2, 0.25) is 0 Å². The number of hydrogen-bond donors (Lipinski definition) is 2. The summed E-state index contributed by atoms with van der Waals surface area (Å²) in [6.07, 6.45) is 3.05. The molecular formula is C16H18FN3O3. The Morgan fingerprint density at radius 3 is 2.65 bits per heavy atom. The maximum Gasteiger partial charge on any atom is 0.325 e. The van der Waals surface area contributed by atoms with Gasteiger partial charge in [-0.25, -0.2) is 9.18 Å². The molecule has 1 heterocycles. The van der Waals surface area contributed by atoms with Crippen molar-refractivity contribution in [2.45, 2.75) is 37.6 Å². The first-order chi connectivity index (χ1) is 11.0. The average Bonchev–Trinajstić information content (AvgIpc) is 3.07. The van der Waals surface area contributed by atoms with E-state index in [2.05, 4.69) is 10.6 Å². The number of para-hydroxylation sites is 1. The van der Waals surface area contributed by atoms with E-state index in [1.807, 2.05) is 0 Å². The first kappa shape index (κ1) is 15.5. The summed E-state index contributed by atoms with van der Waals surface area (Å²) in [7, 11) is 0. The highest BCUT2D eigenvalue weighted by molar-refractivity contribution is 6.07. The number of carbonyl (C=O) groups excluding carboxylic acids is 3. The minimum absolute atomic E-state index is 0.00724. The van der Waals surface area contributed by atoms with Crippen LogP contribution in [0, 0.1) is 5.82 Å². The molecular weight excluding hydrogens is 301 g/mol. The third kappa shape index (κ3) is 2.91. The zero-order valence-corrected chi connectivity index (χ0v) is 12.6. The highest BCUT2D eigenvalue weighted by Gasteiger charge is 2.52. The van der Waals surface area contributed by atoms with Crippen molar-refractivity contribution < 1.29 is 18.8 Å². The van der Waals surface area contributed by atoms with E-state index in [4.69, 9.17) is 0 Å². The van der Waals surface area contributed by atoms with Crippen LogP contribution in [0.25, 0.3) is 0 Å². The number of carbonyl (C=O) groups is 3. The molecule has 0 radical (unpaired) electrons. The number of nitrogens with one attached hydrogen (secondary N) is 2. The van der Waals surface area contributed by atoms with Gasteiger partial charge in [0, 0.05) is 13.0 Å². The molecule has 23 heavy (non-hydrogen) atoms. The highest BCUT2D eigenvalue weighted by atomic mass is 19.1. The van der Waals surface area contributed by atoms with Gasteiger partial charge in [0.05, 0.1) is 5.69 Å². The maximum absolute atomic E-state index is 13.5. The average molecular weight is 319 g/mol. The summed E-state index contributed by atoms with van der Waals surface area (Å²) in [5.41, 5.74) is -0.680. The molecule has 3 rings (SSSR count). The molecule has 1 aromatic carbocycles. The summed E-state index contributed by atoms with van der Waals surface area (Å²) < 4.78 is 13.5. The largest absolute Gasteiger partial charge is 0.325 e. The fourth-order valence-electron chi connectivity index (χ4n) is 3.19. The third-order valence-corrected chi connectivity index (χ3v) is 4.41. The second kappa shape index (κ2) is 5.98. The molecule has 122 valence electrons. The van der Waals surface area contributed by atoms with Crippen LogP contribution in [0.5, 0.6) is 0 Å². The number of hydrogen-bond acceptors (Lipinski definition) is 3. The van der Waals surface area contributed by atoms with Crippen molar-refractivity contribution in [2.24, 2.45) is 0 Å². The first-order valence-electron chi connectivity index (χ1n) is 7.70. The lowest BCUT2D eigenvalue weighted by Gasteiger charge is -2.19. The first-order valence-corrected chi connectivity index (χ1v) is 7.70. The molecule has 1 aliphatic heterocycles. The summed E-state index contributed by atoms with van der Waals surface area (Å²) in [6.45, 7) is -0.00724. The van der Waals surface area contributed by atoms with Crippen LogP contribution in [-0.4, -0.2) is 34.8 Å². The summed E-state index contributed by atoms with van der Waals surface area (Å²) in [6, 6.07) is 5.39. The Kier molecular flexibility index (Phi) is 4.02. The van der Waals surface area contributed by atoms with E-state index in [1.54, 1.807) is 6.07 Å². The second-order valence-electron chi connectivity index (χ2n) is 5.95. The van der Waals surface area contributed by atoms with E-state index in [-0.39, 0.29) is 24.6 Å². The van der Waals surface area contributed by atoms with Crippen LogP contribution < -0.4 is 10.6 Å². The summed E-state index contributed by atoms with van der Waals surface area (Å²) in [5.74, 6) is -1.22. The number of amides is 4. The molecule has 1 saturated carbocycles. The fraction of sp³-hybridized carbons (Fsp3) is 0.438. The Bertz CT molecular complexity index is 656. The highest BCUT2D eigenvalue weighted by Crippen LogP contribution is 2.35. The van der Waals surface area contributed by atoms with Gasteiger partial charge >= 0.3 is 6.03 Å². The lowest BCUT2D eigenvalue weighted by atomic mass is 9.98. The fourth-order valence-corrected chi connectivity index (χ4v) is 3.19. The Labute approximate surface area is 133 Å². The maximum atomic E-state index is 13.5. The van der Waals surface area contributed by atoms with Crippen molar-refractivity contribution in [3.63, 3.8) is 0 Å². The van der Waals surface area contributed by atoms with Crippen molar-refractivity contribution in [2.75, 3.05) is 11.9 Å². The van der Waals surface area contributed by atoms with Crippen LogP contribution in [0.4, 0.5) is 14.9 Å².